The van der Waals surface area contributed by atoms with E-state index in [-0.39, 0.29) is 24.2 Å². The van der Waals surface area contributed by atoms with Crippen LogP contribution in [0.2, 0.25) is 0 Å². The summed E-state index contributed by atoms with van der Waals surface area (Å²) in [6, 6.07) is 3.54. The van der Waals surface area contributed by atoms with Crippen LogP contribution in [0.15, 0.2) is 18.2 Å². The summed E-state index contributed by atoms with van der Waals surface area (Å²) in [5.41, 5.74) is 0.299. The number of alkyl halides is 2. The van der Waals surface area contributed by atoms with Gasteiger partial charge in [-0.05, 0) is 18.1 Å². The van der Waals surface area contributed by atoms with Crippen LogP contribution in [-0.2, 0) is 11.2 Å². The van der Waals surface area contributed by atoms with Crippen molar-refractivity contribution in [2.45, 2.75) is 19.4 Å². The zero-order valence-corrected chi connectivity index (χ0v) is 8.60. The van der Waals surface area contributed by atoms with E-state index in [1.807, 2.05) is 0 Å². The Morgan fingerprint density at radius 1 is 1.35 bits per heavy atom. The second-order valence-electron chi connectivity index (χ2n) is 3.61. The molecule has 7 heteroatoms. The number of rotatable bonds is 2. The van der Waals surface area contributed by atoms with E-state index in [0.29, 0.717) is 10.5 Å². The Labute approximate surface area is 94.8 Å². The molecule has 1 amide bonds. The summed E-state index contributed by atoms with van der Waals surface area (Å²) in [6.07, 6.45) is 0.192. The quantitative estimate of drug-likeness (QED) is 0.453. The number of carbonyl (C=O) groups is 1. The molecular weight excluding hydrogens is 234 g/mol. The van der Waals surface area contributed by atoms with Crippen molar-refractivity contribution in [2.24, 2.45) is 0 Å². The summed E-state index contributed by atoms with van der Waals surface area (Å²) in [5, 5.41) is 10.5. The van der Waals surface area contributed by atoms with E-state index in [2.05, 4.69) is 0 Å². The van der Waals surface area contributed by atoms with E-state index in [1.54, 1.807) is 0 Å². The summed E-state index contributed by atoms with van der Waals surface area (Å²) in [4.78, 5) is 21.7. The van der Waals surface area contributed by atoms with Gasteiger partial charge in [-0.3, -0.25) is 19.8 Å². The number of halogens is 2. The summed E-state index contributed by atoms with van der Waals surface area (Å²) in [6.45, 7) is -2.93. The minimum absolute atomic E-state index is 0.0570. The molecule has 0 unspecified atom stereocenters. The first-order valence-corrected chi connectivity index (χ1v) is 4.88. The number of aryl methyl sites for hydroxylation is 1. The van der Waals surface area contributed by atoms with Gasteiger partial charge in [0.05, 0.1) is 10.6 Å². The van der Waals surface area contributed by atoms with Gasteiger partial charge in [0.15, 0.2) is 0 Å². The van der Waals surface area contributed by atoms with Crippen LogP contribution in [0.1, 0.15) is 12.0 Å². The number of anilines is 1. The number of fused-ring (bicyclic) bond motifs is 1. The fourth-order valence-corrected chi connectivity index (χ4v) is 1.83. The van der Waals surface area contributed by atoms with E-state index in [1.165, 1.54) is 12.1 Å². The van der Waals surface area contributed by atoms with E-state index in [9.17, 15) is 23.7 Å². The van der Waals surface area contributed by atoms with Gasteiger partial charge in [0.1, 0.15) is 0 Å². The fraction of sp³-hybridized carbons (Fsp3) is 0.300. The highest BCUT2D eigenvalue weighted by molar-refractivity contribution is 5.96. The van der Waals surface area contributed by atoms with Gasteiger partial charge in [-0.1, -0.05) is 0 Å². The number of amides is 1. The molecule has 0 atom stereocenters. The van der Waals surface area contributed by atoms with Gasteiger partial charge in [-0.2, -0.15) is 8.78 Å². The smallest absolute Gasteiger partial charge is 0.274 e. The average molecular weight is 242 g/mol. The molecule has 1 aliphatic rings. The van der Waals surface area contributed by atoms with Crippen LogP contribution in [0.25, 0.3) is 0 Å². The third kappa shape index (κ3) is 1.95. The molecule has 0 aromatic heterocycles. The Balaban J connectivity index is 2.48. The number of nitrogens with zero attached hydrogens (tertiary/aromatic N) is 2. The zero-order chi connectivity index (χ0) is 12.6. The highest BCUT2D eigenvalue weighted by atomic mass is 19.3. The van der Waals surface area contributed by atoms with Crippen molar-refractivity contribution in [1.29, 1.82) is 0 Å². The number of carbonyl (C=O) groups excluding carboxylic acids is 1. The predicted octanol–water partition coefficient (Wildman–Crippen LogP) is 2.10. The topological polar surface area (TPSA) is 63.4 Å². The first-order chi connectivity index (χ1) is 8.00. The third-order valence-corrected chi connectivity index (χ3v) is 2.61. The van der Waals surface area contributed by atoms with Crippen molar-refractivity contribution in [3.05, 3.63) is 33.9 Å². The van der Waals surface area contributed by atoms with Gasteiger partial charge in [0.25, 0.3) is 5.69 Å². The van der Waals surface area contributed by atoms with E-state index < -0.39 is 17.4 Å². The molecule has 5 nitrogen and oxygen atoms in total. The highest BCUT2D eigenvalue weighted by Crippen LogP contribution is 2.32. The molecule has 0 saturated heterocycles. The molecule has 0 saturated carbocycles. The number of non-ortho nitro benzene ring substituents is 1. The lowest BCUT2D eigenvalue weighted by molar-refractivity contribution is -0.384. The van der Waals surface area contributed by atoms with Crippen LogP contribution in [0.5, 0.6) is 0 Å². The number of nitro benzene ring substituents is 1. The summed E-state index contributed by atoms with van der Waals surface area (Å²) < 4.78 is 25.4. The van der Waals surface area contributed by atoms with E-state index >= 15 is 0 Å². The largest absolute Gasteiger partial charge is 0.321 e. The van der Waals surface area contributed by atoms with Crippen LogP contribution in [0.4, 0.5) is 20.2 Å². The molecule has 1 heterocycles. The van der Waals surface area contributed by atoms with Crippen molar-refractivity contribution < 1.29 is 18.5 Å². The first kappa shape index (κ1) is 11.4. The van der Waals surface area contributed by atoms with Crippen LogP contribution < -0.4 is 4.90 Å². The second kappa shape index (κ2) is 4.08. The lowest BCUT2D eigenvalue weighted by Gasteiger charge is -2.28. The fourth-order valence-electron chi connectivity index (χ4n) is 1.83. The monoisotopic (exact) mass is 242 g/mol. The normalized spacial score (nSPS) is 15.0. The Kier molecular flexibility index (Phi) is 2.74. The van der Waals surface area contributed by atoms with Crippen LogP contribution in [0, 0.1) is 10.1 Å². The number of benzene rings is 1. The molecule has 0 fully saturated rings. The SMILES string of the molecule is O=C1CCc2cc([N+](=O)[O-])ccc2N1C(F)F. The van der Waals surface area contributed by atoms with Crippen LogP contribution in [-0.4, -0.2) is 17.4 Å². The molecule has 0 N–H and O–H groups in total. The molecule has 17 heavy (non-hydrogen) atoms. The highest BCUT2D eigenvalue weighted by Gasteiger charge is 2.31. The van der Waals surface area contributed by atoms with Gasteiger partial charge in [-0.15, -0.1) is 0 Å². The lowest BCUT2D eigenvalue weighted by atomic mass is 10.0. The molecule has 90 valence electrons. The molecule has 1 aromatic rings. The maximum Gasteiger partial charge on any atom is 0.321 e. The molecule has 0 aliphatic carbocycles. The Morgan fingerprint density at radius 2 is 2.06 bits per heavy atom. The minimum Gasteiger partial charge on any atom is -0.274 e. The van der Waals surface area contributed by atoms with Crippen molar-refractivity contribution >= 4 is 17.3 Å². The summed E-state index contributed by atoms with van der Waals surface area (Å²) in [7, 11) is 0. The van der Waals surface area contributed by atoms with Crippen molar-refractivity contribution in [3.63, 3.8) is 0 Å². The molecule has 0 radical (unpaired) electrons. The standard InChI is InChI=1S/C10H8F2N2O3/c11-10(12)13-8-3-2-7(14(16)17)5-6(8)1-4-9(13)15/h2-3,5,10H,1,4H2. The van der Waals surface area contributed by atoms with Gasteiger partial charge in [0.2, 0.25) is 5.91 Å². The summed E-state index contributed by atoms with van der Waals surface area (Å²) in [5.74, 6) is -0.665. The number of hydrogen-bond acceptors (Lipinski definition) is 3. The summed E-state index contributed by atoms with van der Waals surface area (Å²) >= 11 is 0. The average Bonchev–Trinajstić information content (AvgIpc) is 2.27. The maximum atomic E-state index is 12.7. The van der Waals surface area contributed by atoms with Gasteiger partial charge in [-0.25, -0.2) is 0 Å². The Hall–Kier alpha value is -2.05. The minimum atomic E-state index is -2.93. The molecule has 1 aliphatic heterocycles. The van der Waals surface area contributed by atoms with E-state index in [0.717, 1.165) is 6.07 Å². The van der Waals surface area contributed by atoms with Crippen LogP contribution in [0.3, 0.4) is 0 Å². The second-order valence-corrected chi connectivity index (χ2v) is 3.61. The molecule has 0 bridgehead atoms. The van der Waals surface area contributed by atoms with E-state index in [4.69, 9.17) is 0 Å². The zero-order valence-electron chi connectivity index (χ0n) is 8.60. The first-order valence-electron chi connectivity index (χ1n) is 4.88. The van der Waals surface area contributed by atoms with Crippen molar-refractivity contribution in [3.8, 4) is 0 Å². The maximum absolute atomic E-state index is 12.7. The predicted molar refractivity (Wildman–Crippen MR) is 54.9 cm³/mol. The van der Waals surface area contributed by atoms with Gasteiger partial charge in [0, 0.05) is 18.6 Å². The third-order valence-electron chi connectivity index (χ3n) is 2.61. The van der Waals surface area contributed by atoms with Crippen molar-refractivity contribution in [2.75, 3.05) is 4.90 Å². The Bertz CT molecular complexity index is 490. The van der Waals surface area contributed by atoms with Crippen molar-refractivity contribution in [1.82, 2.24) is 0 Å². The van der Waals surface area contributed by atoms with Crippen LogP contribution >= 0.6 is 0 Å². The Morgan fingerprint density at radius 3 is 2.65 bits per heavy atom. The number of nitro groups is 1. The van der Waals surface area contributed by atoms with Gasteiger partial charge >= 0.3 is 6.55 Å². The molecule has 1 aromatic carbocycles. The molecule has 0 spiro atoms. The van der Waals surface area contributed by atoms with Gasteiger partial charge < -0.3 is 0 Å². The molecule has 2 rings (SSSR count). The number of hydrogen-bond donors (Lipinski definition) is 0. The molecular formula is C10H8F2N2O3. The lowest BCUT2D eigenvalue weighted by Crippen LogP contribution is -2.39.